The molecule has 0 bridgehead atoms. The summed E-state index contributed by atoms with van der Waals surface area (Å²) in [5.41, 5.74) is 8.16. The van der Waals surface area contributed by atoms with Gasteiger partial charge in [0.25, 0.3) is 0 Å². The molecule has 0 aliphatic carbocycles. The first-order chi connectivity index (χ1) is 8.35. The zero-order valence-electron chi connectivity index (χ0n) is 12.0. The minimum absolute atomic E-state index is 0.159. The topological polar surface area (TPSA) is 43.1 Å². The molecule has 2 N–H and O–H groups in total. The smallest absolute Gasteiger partial charge is 0.0532 e. The Morgan fingerprint density at radius 2 is 1.94 bits per heavy atom. The lowest BCUT2D eigenvalue weighted by Gasteiger charge is -2.21. The lowest BCUT2D eigenvalue weighted by molar-refractivity contribution is 0.344. The van der Waals surface area contributed by atoms with Crippen LogP contribution in [0.4, 0.5) is 0 Å². The zero-order chi connectivity index (χ0) is 13.8. The molecule has 1 rings (SSSR count). The Bertz CT molecular complexity index is 427. The molecule has 0 amide bonds. The summed E-state index contributed by atoms with van der Waals surface area (Å²) in [6.45, 7) is 9.07. The molecule has 1 aromatic rings. The first-order valence-electron chi connectivity index (χ1n) is 6.51. The molecule has 102 valence electrons. The number of hydrogen-bond acceptors (Lipinski definition) is 2. The van der Waals surface area contributed by atoms with Gasteiger partial charge in [-0.1, -0.05) is 26.0 Å². The molecule has 0 aliphatic rings. The van der Waals surface area contributed by atoms with Crippen LogP contribution in [0, 0.1) is 19.3 Å². The molecule has 1 aromatic carbocycles. The quantitative estimate of drug-likeness (QED) is 0.860. The fourth-order valence-electron chi connectivity index (χ4n) is 1.85. The molecule has 2 nitrogen and oxygen atoms in total. The van der Waals surface area contributed by atoms with Crippen molar-refractivity contribution in [3.8, 4) is 0 Å². The van der Waals surface area contributed by atoms with Gasteiger partial charge in [0, 0.05) is 10.6 Å². The van der Waals surface area contributed by atoms with Gasteiger partial charge < -0.3 is 5.73 Å². The molecule has 1 unspecified atom stereocenters. The van der Waals surface area contributed by atoms with E-state index in [1.54, 1.807) is 0 Å². The van der Waals surface area contributed by atoms with Crippen LogP contribution in [0.3, 0.4) is 0 Å². The third-order valence-electron chi connectivity index (χ3n) is 3.32. The van der Waals surface area contributed by atoms with Gasteiger partial charge >= 0.3 is 0 Å². The largest absolute Gasteiger partial charge is 0.330 e. The van der Waals surface area contributed by atoms with E-state index in [4.69, 9.17) is 5.73 Å². The van der Waals surface area contributed by atoms with Gasteiger partial charge in [-0.2, -0.15) is 0 Å². The Morgan fingerprint density at radius 3 is 2.56 bits per heavy atom. The minimum atomic E-state index is -0.883. The fourth-order valence-corrected chi connectivity index (χ4v) is 3.22. The van der Waals surface area contributed by atoms with Crippen LogP contribution in [-0.2, 0) is 10.8 Å². The van der Waals surface area contributed by atoms with E-state index in [2.05, 4.69) is 19.9 Å². The van der Waals surface area contributed by atoms with Crippen molar-refractivity contribution in [3.63, 3.8) is 0 Å². The molecule has 0 spiro atoms. The molecular formula is C15H25NOS. The average molecular weight is 267 g/mol. The molecule has 0 aliphatic heterocycles. The van der Waals surface area contributed by atoms with E-state index in [-0.39, 0.29) is 5.41 Å². The van der Waals surface area contributed by atoms with E-state index < -0.39 is 10.8 Å². The van der Waals surface area contributed by atoms with Crippen molar-refractivity contribution in [1.29, 1.82) is 0 Å². The standard InChI is InChI=1S/C15H25NOS/c1-12-6-7-13(2)14(10-12)18(17)9-5-8-15(3,4)11-16/h6-7,10H,5,8-9,11,16H2,1-4H3. The Kier molecular flexibility index (Phi) is 5.54. The normalized spacial score (nSPS) is 13.6. The molecule has 0 aromatic heterocycles. The Balaban J connectivity index is 2.58. The number of rotatable bonds is 6. The molecule has 0 saturated carbocycles. The fraction of sp³-hybridized carbons (Fsp3) is 0.600. The lowest BCUT2D eigenvalue weighted by Crippen LogP contribution is -2.23. The van der Waals surface area contributed by atoms with Gasteiger partial charge in [0.15, 0.2) is 0 Å². The number of aryl methyl sites for hydroxylation is 2. The van der Waals surface area contributed by atoms with E-state index in [0.29, 0.717) is 6.54 Å². The summed E-state index contributed by atoms with van der Waals surface area (Å²) in [6, 6.07) is 6.15. The SMILES string of the molecule is Cc1ccc(C)c(S(=O)CCCC(C)(C)CN)c1. The van der Waals surface area contributed by atoms with Gasteiger partial charge in [-0.3, -0.25) is 4.21 Å². The van der Waals surface area contributed by atoms with Gasteiger partial charge in [0.2, 0.25) is 0 Å². The third kappa shape index (κ3) is 4.54. The highest BCUT2D eigenvalue weighted by Gasteiger charge is 2.16. The summed E-state index contributed by atoms with van der Waals surface area (Å²) in [7, 11) is -0.883. The summed E-state index contributed by atoms with van der Waals surface area (Å²) in [5.74, 6) is 0.730. The van der Waals surface area contributed by atoms with Crippen molar-refractivity contribution < 1.29 is 4.21 Å². The summed E-state index contributed by atoms with van der Waals surface area (Å²) >= 11 is 0. The lowest BCUT2D eigenvalue weighted by atomic mass is 9.88. The summed E-state index contributed by atoms with van der Waals surface area (Å²) in [4.78, 5) is 0.987. The van der Waals surface area contributed by atoms with Crippen LogP contribution in [0.15, 0.2) is 23.1 Å². The van der Waals surface area contributed by atoms with E-state index >= 15 is 0 Å². The van der Waals surface area contributed by atoms with E-state index in [9.17, 15) is 4.21 Å². The van der Waals surface area contributed by atoms with Crippen molar-refractivity contribution >= 4 is 10.8 Å². The predicted molar refractivity (Wildman–Crippen MR) is 79.3 cm³/mol. The molecule has 0 heterocycles. The second-order valence-corrected chi connectivity index (χ2v) is 7.33. The van der Waals surface area contributed by atoms with Crippen LogP contribution in [0.25, 0.3) is 0 Å². The highest BCUT2D eigenvalue weighted by atomic mass is 32.2. The highest BCUT2D eigenvalue weighted by Crippen LogP contribution is 2.22. The molecule has 0 radical (unpaired) electrons. The van der Waals surface area contributed by atoms with Crippen molar-refractivity contribution in [2.24, 2.45) is 11.1 Å². The minimum Gasteiger partial charge on any atom is -0.330 e. The summed E-state index contributed by atoms with van der Waals surface area (Å²) in [5, 5.41) is 0. The van der Waals surface area contributed by atoms with Crippen LogP contribution in [-0.4, -0.2) is 16.5 Å². The Morgan fingerprint density at radius 1 is 1.28 bits per heavy atom. The van der Waals surface area contributed by atoms with Gasteiger partial charge in [0.1, 0.15) is 0 Å². The van der Waals surface area contributed by atoms with Crippen LogP contribution in [0.5, 0.6) is 0 Å². The Labute approximate surface area is 113 Å². The van der Waals surface area contributed by atoms with Crippen LogP contribution < -0.4 is 5.73 Å². The van der Waals surface area contributed by atoms with Crippen LogP contribution in [0.1, 0.15) is 37.8 Å². The summed E-state index contributed by atoms with van der Waals surface area (Å²) in [6.07, 6.45) is 1.99. The maximum absolute atomic E-state index is 12.3. The Hall–Kier alpha value is -0.670. The van der Waals surface area contributed by atoms with E-state index in [0.717, 1.165) is 29.1 Å². The third-order valence-corrected chi connectivity index (χ3v) is 4.91. The van der Waals surface area contributed by atoms with Crippen molar-refractivity contribution in [3.05, 3.63) is 29.3 Å². The average Bonchev–Trinajstić information content (AvgIpc) is 2.32. The van der Waals surface area contributed by atoms with Gasteiger partial charge in [0.05, 0.1) is 10.8 Å². The second kappa shape index (κ2) is 6.48. The maximum atomic E-state index is 12.3. The van der Waals surface area contributed by atoms with Crippen LogP contribution >= 0.6 is 0 Å². The zero-order valence-corrected chi connectivity index (χ0v) is 12.8. The van der Waals surface area contributed by atoms with Gasteiger partial charge in [-0.25, -0.2) is 0 Å². The molecule has 0 fully saturated rings. The number of hydrogen-bond donors (Lipinski definition) is 1. The maximum Gasteiger partial charge on any atom is 0.0532 e. The molecule has 3 heteroatoms. The second-order valence-electron chi connectivity index (χ2n) is 5.79. The molecular weight excluding hydrogens is 242 g/mol. The van der Waals surface area contributed by atoms with Gasteiger partial charge in [-0.05, 0) is 55.8 Å². The first-order valence-corrected chi connectivity index (χ1v) is 7.83. The monoisotopic (exact) mass is 267 g/mol. The molecule has 0 saturated heterocycles. The van der Waals surface area contributed by atoms with E-state index in [1.165, 1.54) is 5.56 Å². The van der Waals surface area contributed by atoms with E-state index in [1.807, 2.05) is 26.0 Å². The molecule has 1 atom stereocenters. The number of nitrogens with two attached hydrogens (primary N) is 1. The van der Waals surface area contributed by atoms with Crippen molar-refractivity contribution in [2.45, 2.75) is 45.4 Å². The molecule has 18 heavy (non-hydrogen) atoms. The van der Waals surface area contributed by atoms with Crippen molar-refractivity contribution in [1.82, 2.24) is 0 Å². The van der Waals surface area contributed by atoms with Crippen LogP contribution in [0.2, 0.25) is 0 Å². The summed E-state index contributed by atoms with van der Waals surface area (Å²) < 4.78 is 12.3. The highest BCUT2D eigenvalue weighted by molar-refractivity contribution is 7.85. The predicted octanol–water partition coefficient (Wildman–Crippen LogP) is 3.18. The first kappa shape index (κ1) is 15.4. The number of benzene rings is 1. The van der Waals surface area contributed by atoms with Gasteiger partial charge in [-0.15, -0.1) is 0 Å². The van der Waals surface area contributed by atoms with Crippen molar-refractivity contribution in [2.75, 3.05) is 12.3 Å².